The molecule has 0 spiro atoms. The van der Waals surface area contributed by atoms with E-state index in [2.05, 4.69) is 10.3 Å². The van der Waals surface area contributed by atoms with Crippen molar-refractivity contribution in [3.63, 3.8) is 0 Å². The molecular formula is C25H28FN5O4. The molecule has 2 aliphatic heterocycles. The van der Waals surface area contributed by atoms with E-state index in [1.807, 2.05) is 23.1 Å². The summed E-state index contributed by atoms with van der Waals surface area (Å²) >= 11 is 0. The number of benzene rings is 1. The molecule has 2 amide bonds. The zero-order valence-electron chi connectivity index (χ0n) is 19.2. The number of nitriles is 1. The van der Waals surface area contributed by atoms with Gasteiger partial charge >= 0.3 is 0 Å². The number of pyridine rings is 1. The number of carbonyl (C=O) groups is 2. The fraction of sp³-hybridized carbons (Fsp3) is 0.440. The minimum absolute atomic E-state index is 0.130. The molecule has 2 aromatic rings. The molecule has 35 heavy (non-hydrogen) atoms. The van der Waals surface area contributed by atoms with Gasteiger partial charge in [0.1, 0.15) is 11.9 Å². The minimum Gasteiger partial charge on any atom is -0.380 e. The molecule has 4 rings (SSSR count). The monoisotopic (exact) mass is 481 g/mol. The van der Waals surface area contributed by atoms with E-state index < -0.39 is 29.8 Å². The smallest absolute Gasteiger partial charge is 0.255 e. The van der Waals surface area contributed by atoms with Crippen molar-refractivity contribution in [2.45, 2.75) is 38.0 Å². The van der Waals surface area contributed by atoms with Crippen LogP contribution in [0, 0.1) is 23.1 Å². The van der Waals surface area contributed by atoms with Gasteiger partial charge in [-0.05, 0) is 55.0 Å². The molecule has 9 nitrogen and oxygen atoms in total. The minimum atomic E-state index is -1.87. The Kier molecular flexibility index (Phi) is 7.58. The summed E-state index contributed by atoms with van der Waals surface area (Å²) in [6.07, 6.45) is -0.0511. The van der Waals surface area contributed by atoms with Crippen molar-refractivity contribution in [2.75, 3.05) is 31.1 Å². The van der Waals surface area contributed by atoms with Crippen LogP contribution in [-0.2, 0) is 22.6 Å². The molecule has 0 radical (unpaired) electrons. The SMILES string of the molecule is N#Cc1cc(F)ccc1N1CCC(CNC(=O)C(O)[C@@H](O)C(=O)N2CCc3cccnc3C2)CC1. The number of halogens is 1. The lowest BCUT2D eigenvalue weighted by atomic mass is 9.95. The first-order valence-electron chi connectivity index (χ1n) is 11.7. The van der Waals surface area contributed by atoms with Crippen molar-refractivity contribution >= 4 is 17.5 Å². The number of aliphatic hydroxyl groups excluding tert-OH is 2. The summed E-state index contributed by atoms with van der Waals surface area (Å²) in [5.41, 5.74) is 2.75. The van der Waals surface area contributed by atoms with E-state index in [4.69, 9.17) is 0 Å². The van der Waals surface area contributed by atoms with Crippen LogP contribution >= 0.6 is 0 Å². The quantitative estimate of drug-likeness (QED) is 0.555. The maximum Gasteiger partial charge on any atom is 0.255 e. The predicted octanol–water partition coefficient (Wildman–Crippen LogP) is 0.732. The summed E-state index contributed by atoms with van der Waals surface area (Å²) in [7, 11) is 0. The number of aromatic nitrogens is 1. The molecule has 0 aliphatic carbocycles. The van der Waals surface area contributed by atoms with Gasteiger partial charge in [-0.15, -0.1) is 0 Å². The number of hydrogen-bond acceptors (Lipinski definition) is 7. The Morgan fingerprint density at radius 2 is 1.97 bits per heavy atom. The fourth-order valence-corrected chi connectivity index (χ4v) is 4.61. The first-order valence-corrected chi connectivity index (χ1v) is 11.7. The highest BCUT2D eigenvalue weighted by Gasteiger charge is 2.35. The molecule has 10 heteroatoms. The standard InChI is InChI=1S/C25H28FN5O4/c26-19-3-4-21(18(12-19)13-27)30-9-5-16(6-10-30)14-29-24(34)22(32)23(33)25(35)31-11-7-17-2-1-8-28-20(17)15-31/h1-4,8,12,16,22-23,32-33H,5-7,9-11,14-15H2,(H,29,34)/t22?,23-/m1/s1. The Morgan fingerprint density at radius 3 is 2.71 bits per heavy atom. The number of nitrogens with one attached hydrogen (secondary N) is 1. The third kappa shape index (κ3) is 5.58. The number of nitrogens with zero attached hydrogens (tertiary/aromatic N) is 4. The first-order chi connectivity index (χ1) is 16.9. The van der Waals surface area contributed by atoms with Gasteiger partial charge in [-0.2, -0.15) is 5.26 Å². The largest absolute Gasteiger partial charge is 0.380 e. The number of aliphatic hydroxyl groups is 2. The van der Waals surface area contributed by atoms with Crippen LogP contribution < -0.4 is 10.2 Å². The molecule has 3 N–H and O–H groups in total. The van der Waals surface area contributed by atoms with Crippen molar-refractivity contribution in [3.8, 4) is 6.07 Å². The second kappa shape index (κ2) is 10.8. The second-order valence-corrected chi connectivity index (χ2v) is 8.96. The summed E-state index contributed by atoms with van der Waals surface area (Å²) in [5, 5.41) is 32.5. The Morgan fingerprint density at radius 1 is 1.20 bits per heavy atom. The van der Waals surface area contributed by atoms with E-state index in [-0.39, 0.29) is 18.0 Å². The van der Waals surface area contributed by atoms with Crippen molar-refractivity contribution in [3.05, 3.63) is 59.2 Å². The van der Waals surface area contributed by atoms with Crippen molar-refractivity contribution < 1.29 is 24.2 Å². The van der Waals surface area contributed by atoms with Crippen LogP contribution in [0.2, 0.25) is 0 Å². The highest BCUT2D eigenvalue weighted by Crippen LogP contribution is 2.26. The van der Waals surface area contributed by atoms with Gasteiger partial charge in [0.25, 0.3) is 11.8 Å². The molecule has 1 fully saturated rings. The lowest BCUT2D eigenvalue weighted by Crippen LogP contribution is -2.52. The van der Waals surface area contributed by atoms with Crippen LogP contribution in [0.25, 0.3) is 0 Å². The highest BCUT2D eigenvalue weighted by atomic mass is 19.1. The first kappa shape index (κ1) is 24.6. The number of rotatable bonds is 6. The maximum absolute atomic E-state index is 13.4. The van der Waals surface area contributed by atoms with Gasteiger partial charge in [-0.1, -0.05) is 6.07 Å². The summed E-state index contributed by atoms with van der Waals surface area (Å²) in [6.45, 7) is 2.16. The van der Waals surface area contributed by atoms with E-state index >= 15 is 0 Å². The van der Waals surface area contributed by atoms with E-state index in [1.165, 1.54) is 17.0 Å². The van der Waals surface area contributed by atoms with Crippen LogP contribution in [0.1, 0.15) is 29.7 Å². The number of hydrogen-bond donors (Lipinski definition) is 3. The van der Waals surface area contributed by atoms with Gasteiger partial charge in [-0.25, -0.2) is 4.39 Å². The zero-order chi connectivity index (χ0) is 24.9. The molecule has 2 atom stereocenters. The van der Waals surface area contributed by atoms with Gasteiger partial charge in [0.15, 0.2) is 12.2 Å². The van der Waals surface area contributed by atoms with Crippen molar-refractivity contribution in [2.24, 2.45) is 5.92 Å². The molecular weight excluding hydrogens is 453 g/mol. The van der Waals surface area contributed by atoms with Gasteiger partial charge < -0.3 is 25.3 Å². The molecule has 0 bridgehead atoms. The molecule has 1 aromatic carbocycles. The Bertz CT molecular complexity index is 1130. The number of fused-ring (bicyclic) bond motifs is 1. The summed E-state index contributed by atoms with van der Waals surface area (Å²) in [6, 6.07) is 9.93. The third-order valence-corrected chi connectivity index (χ3v) is 6.71. The molecule has 2 aliphatic rings. The van der Waals surface area contributed by atoms with Gasteiger partial charge in [0.05, 0.1) is 23.5 Å². The van der Waals surface area contributed by atoms with E-state index in [1.54, 1.807) is 12.3 Å². The van der Waals surface area contributed by atoms with Gasteiger partial charge in [0, 0.05) is 32.4 Å². The summed E-state index contributed by atoms with van der Waals surface area (Å²) in [5.74, 6) is -1.83. The second-order valence-electron chi connectivity index (χ2n) is 8.96. The van der Waals surface area contributed by atoms with Crippen molar-refractivity contribution in [1.29, 1.82) is 5.26 Å². The van der Waals surface area contributed by atoms with E-state index in [9.17, 15) is 29.5 Å². The predicted molar refractivity (Wildman–Crippen MR) is 124 cm³/mol. The molecule has 1 aromatic heterocycles. The Hall–Kier alpha value is -3.55. The third-order valence-electron chi connectivity index (χ3n) is 6.71. The van der Waals surface area contributed by atoms with Crippen LogP contribution in [0.4, 0.5) is 10.1 Å². The summed E-state index contributed by atoms with van der Waals surface area (Å²) in [4.78, 5) is 32.8. The molecule has 1 unspecified atom stereocenters. The molecule has 184 valence electrons. The zero-order valence-corrected chi connectivity index (χ0v) is 19.2. The lowest BCUT2D eigenvalue weighted by molar-refractivity contribution is -0.153. The summed E-state index contributed by atoms with van der Waals surface area (Å²) < 4.78 is 13.4. The van der Waals surface area contributed by atoms with E-state index in [0.29, 0.717) is 38.3 Å². The highest BCUT2D eigenvalue weighted by molar-refractivity contribution is 5.90. The fourth-order valence-electron chi connectivity index (χ4n) is 4.61. The van der Waals surface area contributed by atoms with Crippen LogP contribution in [0.3, 0.4) is 0 Å². The van der Waals surface area contributed by atoms with Crippen LogP contribution in [0.15, 0.2) is 36.5 Å². The van der Waals surface area contributed by atoms with E-state index in [0.717, 1.165) is 24.1 Å². The normalized spacial score (nSPS) is 17.8. The average molecular weight is 482 g/mol. The van der Waals surface area contributed by atoms with Crippen LogP contribution in [0.5, 0.6) is 0 Å². The topological polar surface area (TPSA) is 130 Å². The van der Waals surface area contributed by atoms with Gasteiger partial charge in [0.2, 0.25) is 0 Å². The molecule has 3 heterocycles. The van der Waals surface area contributed by atoms with Gasteiger partial charge in [-0.3, -0.25) is 14.6 Å². The Balaban J connectivity index is 1.24. The molecule has 0 saturated carbocycles. The number of carbonyl (C=O) groups excluding carboxylic acids is 2. The average Bonchev–Trinajstić information content (AvgIpc) is 2.90. The maximum atomic E-state index is 13.4. The molecule has 1 saturated heterocycles. The number of anilines is 1. The van der Waals surface area contributed by atoms with Crippen molar-refractivity contribution in [1.82, 2.24) is 15.2 Å². The van der Waals surface area contributed by atoms with Crippen LogP contribution in [-0.4, -0.2) is 70.3 Å². The number of amides is 2. The Labute approximate surface area is 202 Å². The number of piperidine rings is 1. The lowest BCUT2D eigenvalue weighted by Gasteiger charge is -2.34.